The molecule has 0 saturated heterocycles. The molecule has 3 rings (SSSR count). The second-order valence-corrected chi connectivity index (χ2v) is 10.9. The number of aryl methyl sites for hydroxylation is 1. The Morgan fingerprint density at radius 1 is 1.25 bits per heavy atom. The number of benzene rings is 2. The number of carbonyl (C=O) groups excluding carboxylic acids is 1. The smallest absolute Gasteiger partial charge is 0.261 e. The van der Waals surface area contributed by atoms with Crippen molar-refractivity contribution in [2.24, 2.45) is 0 Å². The second-order valence-electron chi connectivity index (χ2n) is 8.91. The van der Waals surface area contributed by atoms with E-state index in [-0.39, 0.29) is 11.9 Å². The number of sulfonamides is 1. The number of hydrogen-bond donors (Lipinski definition) is 1. The van der Waals surface area contributed by atoms with Crippen molar-refractivity contribution in [2.75, 3.05) is 17.6 Å². The zero-order valence-electron chi connectivity index (χ0n) is 19.5. The predicted octanol–water partition coefficient (Wildman–Crippen LogP) is 3.97. The molecule has 2 aromatic rings. The SMILES string of the molecule is CC[C@@H](Oc1ccc(N(C)S(C)(=O)=O)cc1)C(=O)N[C@@H]1CC(C)(C)Oc2ccc(C)cc21. The van der Waals surface area contributed by atoms with Crippen LogP contribution in [0.25, 0.3) is 0 Å². The molecule has 2 aromatic carbocycles. The van der Waals surface area contributed by atoms with E-state index in [0.29, 0.717) is 24.3 Å². The van der Waals surface area contributed by atoms with Crippen molar-refractivity contribution in [3.05, 3.63) is 53.6 Å². The van der Waals surface area contributed by atoms with Crippen molar-refractivity contribution < 1.29 is 22.7 Å². The van der Waals surface area contributed by atoms with Gasteiger partial charge in [-0.2, -0.15) is 0 Å². The summed E-state index contributed by atoms with van der Waals surface area (Å²) in [5.74, 6) is 1.10. The summed E-state index contributed by atoms with van der Waals surface area (Å²) < 4.78 is 36.6. The topological polar surface area (TPSA) is 84.9 Å². The maximum Gasteiger partial charge on any atom is 0.261 e. The fraction of sp³-hybridized carbons (Fsp3) is 0.458. The monoisotopic (exact) mass is 460 g/mol. The number of carbonyl (C=O) groups is 1. The molecule has 1 aliphatic heterocycles. The third kappa shape index (κ3) is 5.54. The minimum absolute atomic E-state index is 0.176. The number of fused-ring (bicyclic) bond motifs is 1. The molecule has 0 aromatic heterocycles. The molecule has 0 radical (unpaired) electrons. The van der Waals surface area contributed by atoms with Crippen LogP contribution in [0.1, 0.15) is 50.8 Å². The van der Waals surface area contributed by atoms with Crippen molar-refractivity contribution in [3.8, 4) is 11.5 Å². The first kappa shape index (κ1) is 23.9. The zero-order chi connectivity index (χ0) is 23.7. The van der Waals surface area contributed by atoms with Crippen LogP contribution >= 0.6 is 0 Å². The molecule has 0 fully saturated rings. The summed E-state index contributed by atoms with van der Waals surface area (Å²) in [6.07, 6.45) is 1.61. The molecule has 0 aliphatic carbocycles. The van der Waals surface area contributed by atoms with Crippen molar-refractivity contribution in [1.82, 2.24) is 5.32 Å². The van der Waals surface area contributed by atoms with Crippen molar-refractivity contribution in [2.45, 2.75) is 58.3 Å². The fourth-order valence-corrected chi connectivity index (χ4v) is 4.28. The maximum atomic E-state index is 13.1. The van der Waals surface area contributed by atoms with Crippen LogP contribution in [0, 0.1) is 6.92 Å². The molecule has 0 saturated carbocycles. The van der Waals surface area contributed by atoms with Crippen molar-refractivity contribution >= 4 is 21.6 Å². The Hall–Kier alpha value is -2.74. The lowest BCUT2D eigenvalue weighted by Crippen LogP contribution is -2.45. The van der Waals surface area contributed by atoms with E-state index in [1.807, 2.05) is 45.9 Å². The molecule has 1 amide bonds. The highest BCUT2D eigenvalue weighted by Crippen LogP contribution is 2.40. The van der Waals surface area contributed by atoms with Gasteiger partial charge in [0, 0.05) is 19.0 Å². The Morgan fingerprint density at radius 3 is 2.50 bits per heavy atom. The fourth-order valence-electron chi connectivity index (χ4n) is 3.78. The standard InChI is InChI=1S/C24H32N2O5S/c1-7-21(30-18-11-9-17(10-12-18)26(5)32(6,28)29)23(27)25-20-15-24(3,4)31-22-13-8-16(2)14-19(20)22/h8-14,20-21H,7,15H2,1-6H3,(H,25,27)/t20-,21-/m1/s1. The van der Waals surface area contributed by atoms with E-state index in [1.165, 1.54) is 11.4 Å². The average molecular weight is 461 g/mol. The molecule has 1 N–H and O–H groups in total. The maximum absolute atomic E-state index is 13.1. The minimum atomic E-state index is -3.35. The molecule has 8 heteroatoms. The number of ether oxygens (including phenoxy) is 2. The number of hydrogen-bond acceptors (Lipinski definition) is 5. The van der Waals surface area contributed by atoms with E-state index in [4.69, 9.17) is 9.47 Å². The van der Waals surface area contributed by atoms with Gasteiger partial charge in [-0.05, 0) is 57.5 Å². The number of nitrogens with one attached hydrogen (secondary N) is 1. The lowest BCUT2D eigenvalue weighted by Gasteiger charge is -2.38. The van der Waals surface area contributed by atoms with Gasteiger partial charge in [-0.3, -0.25) is 9.10 Å². The van der Waals surface area contributed by atoms with Crippen LogP contribution in [0.2, 0.25) is 0 Å². The van der Waals surface area contributed by atoms with Gasteiger partial charge in [-0.15, -0.1) is 0 Å². The largest absolute Gasteiger partial charge is 0.487 e. The highest BCUT2D eigenvalue weighted by atomic mass is 32.2. The van der Waals surface area contributed by atoms with Crippen LogP contribution in [0.15, 0.2) is 42.5 Å². The molecular weight excluding hydrogens is 428 g/mol. The molecule has 174 valence electrons. The van der Waals surface area contributed by atoms with E-state index >= 15 is 0 Å². The van der Waals surface area contributed by atoms with Gasteiger partial charge in [-0.1, -0.05) is 24.6 Å². The van der Waals surface area contributed by atoms with Crippen LogP contribution in [0.3, 0.4) is 0 Å². The summed E-state index contributed by atoms with van der Waals surface area (Å²) >= 11 is 0. The molecule has 32 heavy (non-hydrogen) atoms. The van der Waals surface area contributed by atoms with Gasteiger partial charge in [0.1, 0.15) is 17.1 Å². The Bertz CT molecular complexity index is 1080. The minimum Gasteiger partial charge on any atom is -0.487 e. The Labute approximate surface area is 190 Å². The van der Waals surface area contributed by atoms with Crippen molar-refractivity contribution in [1.29, 1.82) is 0 Å². The predicted molar refractivity (Wildman–Crippen MR) is 126 cm³/mol. The average Bonchev–Trinajstić information content (AvgIpc) is 2.71. The van der Waals surface area contributed by atoms with E-state index in [2.05, 4.69) is 5.32 Å². The second kappa shape index (κ2) is 9.02. The van der Waals surface area contributed by atoms with Crippen LogP contribution in [-0.2, 0) is 14.8 Å². The quantitative estimate of drug-likeness (QED) is 0.676. The lowest BCUT2D eigenvalue weighted by molar-refractivity contribution is -0.129. The van der Waals surface area contributed by atoms with Gasteiger partial charge >= 0.3 is 0 Å². The van der Waals surface area contributed by atoms with Gasteiger partial charge < -0.3 is 14.8 Å². The number of amides is 1. The van der Waals surface area contributed by atoms with Crippen molar-refractivity contribution in [3.63, 3.8) is 0 Å². The van der Waals surface area contributed by atoms with Gasteiger partial charge in [0.05, 0.1) is 18.0 Å². The van der Waals surface area contributed by atoms with E-state index in [1.54, 1.807) is 24.3 Å². The molecule has 7 nitrogen and oxygen atoms in total. The van der Waals surface area contributed by atoms with Crippen LogP contribution in [0.4, 0.5) is 5.69 Å². The number of anilines is 1. The Morgan fingerprint density at radius 2 is 1.91 bits per heavy atom. The molecule has 1 heterocycles. The Kier molecular flexibility index (Phi) is 6.74. The first-order valence-electron chi connectivity index (χ1n) is 10.7. The third-order valence-corrected chi connectivity index (χ3v) is 6.78. The molecule has 1 aliphatic rings. The van der Waals surface area contributed by atoms with Crippen LogP contribution in [0.5, 0.6) is 11.5 Å². The lowest BCUT2D eigenvalue weighted by atomic mass is 9.88. The van der Waals surface area contributed by atoms with Crippen LogP contribution < -0.4 is 19.1 Å². The number of nitrogens with zero attached hydrogens (tertiary/aromatic N) is 1. The zero-order valence-corrected chi connectivity index (χ0v) is 20.3. The van der Waals surface area contributed by atoms with Gasteiger partial charge in [-0.25, -0.2) is 8.42 Å². The van der Waals surface area contributed by atoms with E-state index < -0.39 is 21.7 Å². The summed E-state index contributed by atoms with van der Waals surface area (Å²) in [5.41, 5.74) is 2.20. The highest BCUT2D eigenvalue weighted by molar-refractivity contribution is 7.92. The van der Waals surface area contributed by atoms with Gasteiger partial charge in [0.15, 0.2) is 6.10 Å². The van der Waals surface area contributed by atoms with Crippen LogP contribution in [-0.4, -0.2) is 39.3 Å². The summed E-state index contributed by atoms with van der Waals surface area (Å²) in [6.45, 7) is 7.93. The molecule has 2 atom stereocenters. The Balaban J connectivity index is 1.74. The molecular formula is C24H32N2O5S. The summed E-state index contributed by atoms with van der Waals surface area (Å²) in [4.78, 5) is 13.1. The molecule has 0 bridgehead atoms. The van der Waals surface area contributed by atoms with Gasteiger partial charge in [0.25, 0.3) is 5.91 Å². The third-order valence-electron chi connectivity index (χ3n) is 5.58. The van der Waals surface area contributed by atoms with E-state index in [0.717, 1.165) is 23.1 Å². The highest BCUT2D eigenvalue weighted by Gasteiger charge is 2.35. The first-order valence-corrected chi connectivity index (χ1v) is 12.5. The first-order chi connectivity index (χ1) is 14.9. The summed E-state index contributed by atoms with van der Waals surface area (Å²) in [5, 5.41) is 3.15. The van der Waals surface area contributed by atoms with E-state index in [9.17, 15) is 13.2 Å². The molecule has 0 unspecified atom stereocenters. The summed E-state index contributed by atoms with van der Waals surface area (Å²) in [6, 6.07) is 12.5. The normalized spacial score (nSPS) is 18.1. The number of rotatable bonds is 7. The van der Waals surface area contributed by atoms with Gasteiger partial charge in [0.2, 0.25) is 10.0 Å². The summed E-state index contributed by atoms with van der Waals surface area (Å²) in [7, 11) is -1.86. The molecule has 0 spiro atoms.